The van der Waals surface area contributed by atoms with Crippen LogP contribution < -0.4 is 9.62 Å². The SMILES string of the molecule is CCC(C(=O)NC)N(Cc1ccc(Cl)cc1Cl)C(=O)CN(c1cccc(Cl)c1Cl)S(=O)(=O)c1ccccc1. The number of amides is 2. The lowest BCUT2D eigenvalue weighted by molar-refractivity contribution is -0.140. The van der Waals surface area contributed by atoms with Gasteiger partial charge in [0.05, 0.1) is 20.6 Å². The Hall–Kier alpha value is -2.49. The van der Waals surface area contributed by atoms with Crippen LogP contribution in [0.3, 0.4) is 0 Å². The molecule has 1 N–H and O–H groups in total. The summed E-state index contributed by atoms with van der Waals surface area (Å²) in [6.45, 7) is 1.02. The minimum atomic E-state index is -4.27. The molecular weight excluding hydrogens is 592 g/mol. The van der Waals surface area contributed by atoms with Crippen LogP contribution in [-0.2, 0) is 26.2 Å². The van der Waals surface area contributed by atoms with Crippen LogP contribution in [0.2, 0.25) is 20.1 Å². The summed E-state index contributed by atoms with van der Waals surface area (Å²) in [5.41, 5.74) is 0.555. The molecule has 202 valence electrons. The molecule has 3 rings (SSSR count). The van der Waals surface area contributed by atoms with E-state index in [0.29, 0.717) is 15.6 Å². The standard InChI is InChI=1S/C26H25Cl4N3O4S/c1-3-22(26(35)31-2)32(15-17-12-13-18(27)14-21(17)29)24(34)16-33(23-11-7-10-20(28)25(23)30)38(36,37)19-8-5-4-6-9-19/h4-14,22H,3,15-16H2,1-2H3,(H,31,35). The third-order valence-electron chi connectivity index (χ3n) is 5.80. The number of halogens is 4. The second kappa shape index (κ2) is 13.0. The molecule has 0 bridgehead atoms. The molecule has 0 saturated carbocycles. The smallest absolute Gasteiger partial charge is 0.264 e. The van der Waals surface area contributed by atoms with E-state index in [-0.39, 0.29) is 33.6 Å². The largest absolute Gasteiger partial charge is 0.357 e. The number of benzene rings is 3. The second-order valence-corrected chi connectivity index (χ2v) is 11.7. The highest BCUT2D eigenvalue weighted by atomic mass is 35.5. The minimum Gasteiger partial charge on any atom is -0.357 e. The molecule has 3 aromatic rings. The average molecular weight is 617 g/mol. The average Bonchev–Trinajstić information content (AvgIpc) is 2.90. The Morgan fingerprint density at radius 1 is 0.921 bits per heavy atom. The molecule has 0 aliphatic carbocycles. The second-order valence-electron chi connectivity index (χ2n) is 8.19. The molecule has 2 amide bonds. The number of carbonyl (C=O) groups excluding carboxylic acids is 2. The summed E-state index contributed by atoms with van der Waals surface area (Å²) in [5, 5.41) is 3.35. The van der Waals surface area contributed by atoms with Crippen molar-refractivity contribution in [3.05, 3.63) is 92.4 Å². The Kier molecular flexibility index (Phi) is 10.3. The molecule has 7 nitrogen and oxygen atoms in total. The van der Waals surface area contributed by atoms with Gasteiger partial charge in [0.2, 0.25) is 11.8 Å². The van der Waals surface area contributed by atoms with E-state index in [1.807, 2.05) is 0 Å². The maximum atomic E-state index is 13.9. The zero-order valence-electron chi connectivity index (χ0n) is 20.5. The molecule has 3 aromatic carbocycles. The van der Waals surface area contributed by atoms with E-state index < -0.39 is 34.4 Å². The fourth-order valence-corrected chi connectivity index (χ4v) is 6.20. The van der Waals surface area contributed by atoms with Crippen molar-refractivity contribution in [1.29, 1.82) is 0 Å². The van der Waals surface area contributed by atoms with Gasteiger partial charge in [-0.25, -0.2) is 8.42 Å². The molecule has 0 radical (unpaired) electrons. The number of anilines is 1. The highest BCUT2D eigenvalue weighted by Crippen LogP contribution is 2.35. The summed E-state index contributed by atoms with van der Waals surface area (Å²) in [5.74, 6) is -1.06. The zero-order chi connectivity index (χ0) is 28.0. The number of hydrogen-bond acceptors (Lipinski definition) is 4. The molecule has 12 heteroatoms. The monoisotopic (exact) mass is 615 g/mol. The van der Waals surface area contributed by atoms with Crippen molar-refractivity contribution in [2.24, 2.45) is 0 Å². The lowest BCUT2D eigenvalue weighted by atomic mass is 10.1. The summed E-state index contributed by atoms with van der Waals surface area (Å²) in [6, 6.07) is 16.0. The highest BCUT2D eigenvalue weighted by Gasteiger charge is 2.34. The Labute approximate surface area is 242 Å². The minimum absolute atomic E-state index is 0.0221. The number of sulfonamides is 1. The van der Waals surface area contributed by atoms with Gasteiger partial charge in [-0.2, -0.15) is 0 Å². The van der Waals surface area contributed by atoms with Gasteiger partial charge >= 0.3 is 0 Å². The van der Waals surface area contributed by atoms with E-state index in [0.717, 1.165) is 4.31 Å². The fourth-order valence-electron chi connectivity index (χ4n) is 3.84. The van der Waals surface area contributed by atoms with Gasteiger partial charge in [0.1, 0.15) is 12.6 Å². The van der Waals surface area contributed by atoms with Crippen molar-refractivity contribution in [3.8, 4) is 0 Å². The van der Waals surface area contributed by atoms with Gasteiger partial charge in [-0.3, -0.25) is 13.9 Å². The molecule has 1 atom stereocenters. The highest BCUT2D eigenvalue weighted by molar-refractivity contribution is 7.92. The predicted octanol–water partition coefficient (Wildman–Crippen LogP) is 6.05. The van der Waals surface area contributed by atoms with Gasteiger partial charge in [0.25, 0.3) is 10.0 Å². The molecule has 0 aliphatic heterocycles. The van der Waals surface area contributed by atoms with Gasteiger partial charge in [0, 0.05) is 23.6 Å². The Bertz CT molecular complexity index is 1420. The van der Waals surface area contributed by atoms with Crippen LogP contribution in [0.5, 0.6) is 0 Å². The molecule has 0 heterocycles. The summed E-state index contributed by atoms with van der Waals surface area (Å²) in [4.78, 5) is 27.9. The Balaban J connectivity index is 2.11. The van der Waals surface area contributed by atoms with Gasteiger partial charge in [0.15, 0.2) is 0 Å². The van der Waals surface area contributed by atoms with Crippen molar-refractivity contribution >= 4 is 73.9 Å². The third kappa shape index (κ3) is 6.74. The summed E-state index contributed by atoms with van der Waals surface area (Å²) in [6.07, 6.45) is 0.264. The quantitative estimate of drug-likeness (QED) is 0.300. The number of likely N-dealkylation sites (N-methyl/N-ethyl adjacent to an activating group) is 1. The summed E-state index contributed by atoms with van der Waals surface area (Å²) < 4.78 is 28.4. The van der Waals surface area contributed by atoms with Crippen LogP contribution in [0.1, 0.15) is 18.9 Å². The fraction of sp³-hybridized carbons (Fsp3) is 0.231. The van der Waals surface area contributed by atoms with Crippen LogP contribution in [-0.4, -0.2) is 44.8 Å². The summed E-state index contributed by atoms with van der Waals surface area (Å²) in [7, 11) is -2.81. The van der Waals surface area contributed by atoms with Crippen LogP contribution in [0.15, 0.2) is 71.6 Å². The van der Waals surface area contributed by atoms with E-state index in [2.05, 4.69) is 5.32 Å². The molecule has 0 spiro atoms. The molecule has 0 aliphatic rings. The van der Waals surface area contributed by atoms with Crippen LogP contribution >= 0.6 is 46.4 Å². The molecule has 0 saturated heterocycles. The normalized spacial score (nSPS) is 12.1. The number of nitrogens with one attached hydrogen (secondary N) is 1. The van der Waals surface area contributed by atoms with Gasteiger partial charge in [-0.05, 0) is 48.4 Å². The predicted molar refractivity (Wildman–Crippen MR) is 153 cm³/mol. The Morgan fingerprint density at radius 3 is 2.21 bits per heavy atom. The maximum Gasteiger partial charge on any atom is 0.264 e. The van der Waals surface area contributed by atoms with Crippen LogP contribution in [0.25, 0.3) is 0 Å². The molecule has 1 unspecified atom stereocenters. The lowest BCUT2D eigenvalue weighted by Crippen LogP contribution is -2.51. The topological polar surface area (TPSA) is 86.8 Å². The van der Waals surface area contributed by atoms with Crippen molar-refractivity contribution in [2.45, 2.75) is 30.8 Å². The van der Waals surface area contributed by atoms with E-state index in [4.69, 9.17) is 46.4 Å². The molecular formula is C26H25Cl4N3O4S. The van der Waals surface area contributed by atoms with Crippen LogP contribution in [0, 0.1) is 0 Å². The van der Waals surface area contributed by atoms with Crippen molar-refractivity contribution in [3.63, 3.8) is 0 Å². The number of carbonyl (C=O) groups is 2. The number of hydrogen-bond donors (Lipinski definition) is 1. The Morgan fingerprint density at radius 2 is 1.61 bits per heavy atom. The van der Waals surface area contributed by atoms with Gasteiger partial charge < -0.3 is 10.2 Å². The zero-order valence-corrected chi connectivity index (χ0v) is 24.3. The maximum absolute atomic E-state index is 13.9. The number of rotatable bonds is 10. The first-order valence-electron chi connectivity index (χ1n) is 11.5. The third-order valence-corrected chi connectivity index (χ3v) is 8.97. The van der Waals surface area contributed by atoms with E-state index in [1.54, 1.807) is 37.3 Å². The van der Waals surface area contributed by atoms with Crippen molar-refractivity contribution < 1.29 is 18.0 Å². The molecule has 38 heavy (non-hydrogen) atoms. The van der Waals surface area contributed by atoms with E-state index >= 15 is 0 Å². The van der Waals surface area contributed by atoms with Crippen molar-refractivity contribution in [2.75, 3.05) is 17.9 Å². The first-order chi connectivity index (χ1) is 18.0. The first-order valence-corrected chi connectivity index (χ1v) is 14.4. The summed E-state index contributed by atoms with van der Waals surface area (Å²) >= 11 is 25.0. The molecule has 0 aromatic heterocycles. The first kappa shape index (κ1) is 30.1. The van der Waals surface area contributed by atoms with Gasteiger partial charge in [-0.1, -0.05) is 83.7 Å². The lowest BCUT2D eigenvalue weighted by Gasteiger charge is -2.33. The van der Waals surface area contributed by atoms with Crippen molar-refractivity contribution in [1.82, 2.24) is 10.2 Å². The molecule has 0 fully saturated rings. The van der Waals surface area contributed by atoms with E-state index in [9.17, 15) is 18.0 Å². The number of nitrogens with zero attached hydrogens (tertiary/aromatic N) is 2. The van der Waals surface area contributed by atoms with Gasteiger partial charge in [-0.15, -0.1) is 0 Å². The van der Waals surface area contributed by atoms with Crippen LogP contribution in [0.4, 0.5) is 5.69 Å². The van der Waals surface area contributed by atoms with E-state index in [1.165, 1.54) is 48.3 Å².